The molecule has 0 aliphatic rings. The van der Waals surface area contributed by atoms with Gasteiger partial charge in [0.25, 0.3) is 0 Å². The molecule has 0 saturated carbocycles. The van der Waals surface area contributed by atoms with Crippen LogP contribution in [0.5, 0.6) is 0 Å². The minimum absolute atomic E-state index is 0.0145. The summed E-state index contributed by atoms with van der Waals surface area (Å²) >= 11 is 4.73. The molecule has 8 heteroatoms. The van der Waals surface area contributed by atoms with Crippen LogP contribution in [0.25, 0.3) is 0 Å². The molecule has 3 N–H and O–H groups in total. The molecule has 0 spiro atoms. The first-order valence-corrected chi connectivity index (χ1v) is 9.43. The van der Waals surface area contributed by atoms with Crippen LogP contribution in [0.1, 0.15) is 24.8 Å². The summed E-state index contributed by atoms with van der Waals surface area (Å²) in [4.78, 5) is 4.83. The smallest absolute Gasteiger partial charge is 0.244 e. The summed E-state index contributed by atoms with van der Waals surface area (Å²) in [5.41, 5.74) is 5.70. The van der Waals surface area contributed by atoms with Gasteiger partial charge in [-0.1, -0.05) is 19.9 Å². The van der Waals surface area contributed by atoms with Crippen LogP contribution in [0.15, 0.2) is 39.1 Å². The van der Waals surface area contributed by atoms with Crippen LogP contribution in [0.4, 0.5) is 5.82 Å². The van der Waals surface area contributed by atoms with Gasteiger partial charge in [0.2, 0.25) is 10.0 Å². The second kappa shape index (κ2) is 6.43. The normalized spacial score (nSPS) is 13.5. The van der Waals surface area contributed by atoms with E-state index in [2.05, 4.69) is 25.6 Å². The van der Waals surface area contributed by atoms with Crippen molar-refractivity contribution in [2.45, 2.75) is 24.8 Å². The Bertz CT molecular complexity index is 715. The fourth-order valence-corrected chi connectivity index (χ4v) is 4.85. The zero-order chi connectivity index (χ0) is 15.6. The van der Waals surface area contributed by atoms with Crippen LogP contribution in [-0.4, -0.2) is 13.4 Å². The number of nitrogens with two attached hydrogens (primary N) is 1. The van der Waals surface area contributed by atoms with Crippen molar-refractivity contribution >= 4 is 43.1 Å². The van der Waals surface area contributed by atoms with Gasteiger partial charge in [-0.25, -0.2) is 18.1 Å². The average Bonchev–Trinajstić information content (AvgIpc) is 2.92. The number of halogens is 1. The van der Waals surface area contributed by atoms with E-state index in [1.165, 1.54) is 23.6 Å². The van der Waals surface area contributed by atoms with E-state index in [-0.39, 0.29) is 22.7 Å². The van der Waals surface area contributed by atoms with Gasteiger partial charge in [0.1, 0.15) is 10.7 Å². The maximum Gasteiger partial charge on any atom is 0.244 e. The lowest BCUT2D eigenvalue weighted by atomic mass is 10.0. The number of pyridine rings is 1. The maximum absolute atomic E-state index is 12.6. The van der Waals surface area contributed by atoms with Crippen LogP contribution >= 0.6 is 27.3 Å². The lowest BCUT2D eigenvalue weighted by Gasteiger charge is -2.21. The Balaban J connectivity index is 2.37. The maximum atomic E-state index is 12.6. The third-order valence-corrected chi connectivity index (χ3v) is 5.80. The van der Waals surface area contributed by atoms with Gasteiger partial charge in [-0.15, -0.1) is 11.3 Å². The van der Waals surface area contributed by atoms with Crippen molar-refractivity contribution in [2.75, 3.05) is 5.73 Å². The van der Waals surface area contributed by atoms with Crippen molar-refractivity contribution < 1.29 is 8.42 Å². The molecule has 2 rings (SSSR count). The topological polar surface area (TPSA) is 85.1 Å². The highest BCUT2D eigenvalue weighted by molar-refractivity contribution is 9.10. The van der Waals surface area contributed by atoms with Crippen molar-refractivity contribution in [3.63, 3.8) is 0 Å². The van der Waals surface area contributed by atoms with Gasteiger partial charge < -0.3 is 5.73 Å². The van der Waals surface area contributed by atoms with Gasteiger partial charge in [-0.3, -0.25) is 0 Å². The second-order valence-corrected chi connectivity index (χ2v) is 8.47. The summed E-state index contributed by atoms with van der Waals surface area (Å²) in [6.45, 7) is 3.94. The molecule has 5 nitrogen and oxygen atoms in total. The Morgan fingerprint density at radius 2 is 2.14 bits per heavy atom. The fraction of sp³-hybridized carbons (Fsp3) is 0.308. The molecule has 0 bridgehead atoms. The first-order valence-electron chi connectivity index (χ1n) is 6.28. The van der Waals surface area contributed by atoms with E-state index in [9.17, 15) is 8.42 Å². The molecule has 2 aromatic rings. The summed E-state index contributed by atoms with van der Waals surface area (Å²) in [5, 5.41) is 1.92. The number of rotatable bonds is 5. The largest absolute Gasteiger partial charge is 0.383 e. The average molecular weight is 390 g/mol. The van der Waals surface area contributed by atoms with Gasteiger partial charge in [0.05, 0.1) is 6.04 Å². The molecule has 0 aliphatic heterocycles. The van der Waals surface area contributed by atoms with Crippen LogP contribution in [0.2, 0.25) is 0 Å². The molecule has 2 aromatic heterocycles. The third kappa shape index (κ3) is 3.82. The van der Waals surface area contributed by atoms with Gasteiger partial charge in [0, 0.05) is 15.5 Å². The Hall–Kier alpha value is -0.960. The van der Waals surface area contributed by atoms with Crippen LogP contribution in [0, 0.1) is 5.92 Å². The highest BCUT2D eigenvalue weighted by atomic mass is 79.9. The Kier molecular flexibility index (Phi) is 5.03. The lowest BCUT2D eigenvalue weighted by Crippen LogP contribution is -2.32. The molecule has 1 atom stereocenters. The summed E-state index contributed by atoms with van der Waals surface area (Å²) in [6, 6.07) is 4.98. The van der Waals surface area contributed by atoms with E-state index < -0.39 is 10.0 Å². The molecule has 0 saturated heterocycles. The van der Waals surface area contributed by atoms with Gasteiger partial charge in [-0.05, 0) is 39.4 Å². The lowest BCUT2D eigenvalue weighted by molar-refractivity contribution is 0.469. The monoisotopic (exact) mass is 389 g/mol. The first-order chi connectivity index (χ1) is 9.81. The number of hydrogen-bond donors (Lipinski definition) is 2. The highest BCUT2D eigenvalue weighted by Gasteiger charge is 2.26. The minimum atomic E-state index is -3.74. The fourth-order valence-electron chi connectivity index (χ4n) is 1.87. The molecule has 21 heavy (non-hydrogen) atoms. The Morgan fingerprint density at radius 3 is 2.71 bits per heavy atom. The predicted molar refractivity (Wildman–Crippen MR) is 88.6 cm³/mol. The van der Waals surface area contributed by atoms with Crippen LogP contribution < -0.4 is 10.5 Å². The van der Waals surface area contributed by atoms with E-state index in [1.54, 1.807) is 0 Å². The minimum Gasteiger partial charge on any atom is -0.383 e. The summed E-state index contributed by atoms with van der Waals surface area (Å²) in [7, 11) is -3.74. The number of nitrogen functional groups attached to an aromatic ring is 1. The Labute approximate surface area is 136 Å². The van der Waals surface area contributed by atoms with Crippen LogP contribution in [-0.2, 0) is 10.0 Å². The number of anilines is 1. The molecule has 114 valence electrons. The quantitative estimate of drug-likeness (QED) is 0.821. The second-order valence-electron chi connectivity index (χ2n) is 4.90. The highest BCUT2D eigenvalue weighted by Crippen LogP contribution is 2.29. The number of thiophene rings is 1. The number of nitrogens with one attached hydrogen (secondary N) is 1. The zero-order valence-electron chi connectivity index (χ0n) is 11.6. The summed E-state index contributed by atoms with van der Waals surface area (Å²) in [6.07, 6.45) is 1.47. The van der Waals surface area contributed by atoms with Crippen LogP contribution in [0.3, 0.4) is 0 Å². The Morgan fingerprint density at radius 1 is 1.43 bits per heavy atom. The van der Waals surface area contributed by atoms with E-state index in [0.717, 1.165) is 4.88 Å². The molecule has 0 aromatic carbocycles. The molecular weight excluding hydrogens is 374 g/mol. The molecule has 1 unspecified atom stereocenters. The zero-order valence-corrected chi connectivity index (χ0v) is 14.8. The molecule has 0 radical (unpaired) electrons. The van der Waals surface area contributed by atoms with Crippen molar-refractivity contribution in [1.82, 2.24) is 9.71 Å². The van der Waals surface area contributed by atoms with Gasteiger partial charge in [0.15, 0.2) is 0 Å². The third-order valence-electron chi connectivity index (χ3n) is 2.94. The number of sulfonamides is 1. The van der Waals surface area contributed by atoms with Crippen molar-refractivity contribution in [3.8, 4) is 0 Å². The van der Waals surface area contributed by atoms with Crippen molar-refractivity contribution in [1.29, 1.82) is 0 Å². The van der Waals surface area contributed by atoms with E-state index in [4.69, 9.17) is 5.73 Å². The van der Waals surface area contributed by atoms with E-state index >= 15 is 0 Å². The van der Waals surface area contributed by atoms with E-state index in [1.807, 2.05) is 31.4 Å². The molecule has 0 amide bonds. The van der Waals surface area contributed by atoms with Gasteiger partial charge >= 0.3 is 0 Å². The molecule has 2 heterocycles. The number of nitrogens with zero attached hydrogens (tertiary/aromatic N) is 1. The predicted octanol–water partition coefficient (Wildman–Crippen LogP) is 3.16. The number of hydrogen-bond acceptors (Lipinski definition) is 5. The summed E-state index contributed by atoms with van der Waals surface area (Å²) < 4.78 is 28.4. The van der Waals surface area contributed by atoms with Crippen molar-refractivity contribution in [2.24, 2.45) is 5.92 Å². The number of aromatic nitrogens is 1. The van der Waals surface area contributed by atoms with Gasteiger partial charge in [-0.2, -0.15) is 0 Å². The standard InChI is InChI=1S/C13H16BrN3O2S2/c1-8(2)12(10-4-3-5-20-10)17-21(18,19)11-6-9(14)7-16-13(11)15/h3-8,12,17H,1-2H3,(H2,15,16). The van der Waals surface area contributed by atoms with Crippen molar-refractivity contribution in [3.05, 3.63) is 39.1 Å². The summed E-state index contributed by atoms with van der Waals surface area (Å²) in [5.74, 6) is 0.0964. The molecule has 0 fully saturated rings. The van der Waals surface area contributed by atoms with E-state index in [0.29, 0.717) is 4.47 Å². The first kappa shape index (κ1) is 16.4. The SMILES string of the molecule is CC(C)C(NS(=O)(=O)c1cc(Br)cnc1N)c1cccs1. The molecule has 0 aliphatic carbocycles. The molecular formula is C13H16BrN3O2S2.